The molecular formula is C19H20F3N3O3. The largest absolute Gasteiger partial charge is 0.352 e. The molecule has 1 saturated heterocycles. The van der Waals surface area contributed by atoms with Gasteiger partial charge in [-0.15, -0.1) is 0 Å². The number of amides is 2. The van der Waals surface area contributed by atoms with Gasteiger partial charge in [-0.05, 0) is 37.5 Å². The molecule has 0 radical (unpaired) electrons. The van der Waals surface area contributed by atoms with Crippen LogP contribution in [-0.4, -0.2) is 40.5 Å². The molecule has 2 amide bonds. The second-order valence-electron chi connectivity index (χ2n) is 7.32. The van der Waals surface area contributed by atoms with Crippen molar-refractivity contribution in [3.63, 3.8) is 0 Å². The summed E-state index contributed by atoms with van der Waals surface area (Å²) in [5, 5.41) is 6.27. The molecule has 28 heavy (non-hydrogen) atoms. The van der Waals surface area contributed by atoms with E-state index in [2.05, 4.69) is 10.5 Å². The Morgan fingerprint density at radius 3 is 2.68 bits per heavy atom. The van der Waals surface area contributed by atoms with E-state index in [1.54, 1.807) is 6.92 Å². The second kappa shape index (κ2) is 7.65. The molecule has 2 atom stereocenters. The highest BCUT2D eigenvalue weighted by atomic mass is 19.2. The number of aromatic nitrogens is 1. The molecule has 1 aromatic heterocycles. The van der Waals surface area contributed by atoms with Gasteiger partial charge in [0, 0.05) is 18.2 Å². The van der Waals surface area contributed by atoms with Crippen molar-refractivity contribution in [2.24, 2.45) is 5.92 Å². The number of benzene rings is 1. The molecule has 150 valence electrons. The zero-order valence-corrected chi connectivity index (χ0v) is 15.6. The van der Waals surface area contributed by atoms with E-state index in [1.165, 1.54) is 4.90 Å². The maximum Gasteiger partial charge on any atom is 0.279 e. The van der Waals surface area contributed by atoms with Crippen LogP contribution in [0.2, 0.25) is 0 Å². The summed E-state index contributed by atoms with van der Waals surface area (Å²) in [6, 6.07) is 1.63. The number of carbonyl (C=O) groups excluding carboxylic acids is 2. The van der Waals surface area contributed by atoms with Gasteiger partial charge in [0.1, 0.15) is 6.04 Å². The SMILES string of the molecule is CC(C)CC1C(=O)NC(C)CN1C(=O)c1noc(-c2ccc(F)c(F)c2)c1F. The van der Waals surface area contributed by atoms with E-state index in [1.807, 2.05) is 13.8 Å². The van der Waals surface area contributed by atoms with Crippen molar-refractivity contribution in [1.82, 2.24) is 15.4 Å². The lowest BCUT2D eigenvalue weighted by Crippen LogP contribution is -2.61. The molecule has 0 saturated carbocycles. The molecule has 2 unspecified atom stereocenters. The summed E-state index contributed by atoms with van der Waals surface area (Å²) in [7, 11) is 0. The third-order valence-corrected chi connectivity index (χ3v) is 4.51. The van der Waals surface area contributed by atoms with Crippen molar-refractivity contribution in [2.75, 3.05) is 6.54 Å². The zero-order chi connectivity index (χ0) is 20.6. The first-order chi connectivity index (χ1) is 13.2. The number of rotatable bonds is 4. The molecule has 0 aliphatic carbocycles. The van der Waals surface area contributed by atoms with Crippen LogP contribution >= 0.6 is 0 Å². The fourth-order valence-electron chi connectivity index (χ4n) is 3.22. The lowest BCUT2D eigenvalue weighted by atomic mass is 9.98. The van der Waals surface area contributed by atoms with Crippen LogP contribution in [0.5, 0.6) is 0 Å². The number of halogens is 3. The van der Waals surface area contributed by atoms with Crippen molar-refractivity contribution in [1.29, 1.82) is 0 Å². The monoisotopic (exact) mass is 395 g/mol. The minimum atomic E-state index is -1.18. The number of nitrogens with one attached hydrogen (secondary N) is 1. The number of carbonyl (C=O) groups is 2. The minimum absolute atomic E-state index is 0.0913. The van der Waals surface area contributed by atoms with E-state index >= 15 is 0 Å². The van der Waals surface area contributed by atoms with Gasteiger partial charge in [-0.25, -0.2) is 8.78 Å². The van der Waals surface area contributed by atoms with Gasteiger partial charge in [0.15, 0.2) is 11.6 Å². The van der Waals surface area contributed by atoms with Crippen molar-refractivity contribution < 1.29 is 27.3 Å². The molecule has 0 spiro atoms. The van der Waals surface area contributed by atoms with Gasteiger partial charge in [0.2, 0.25) is 23.2 Å². The molecule has 1 aliphatic rings. The smallest absolute Gasteiger partial charge is 0.279 e. The summed E-state index contributed by atoms with van der Waals surface area (Å²) < 4.78 is 46.2. The third-order valence-electron chi connectivity index (χ3n) is 4.51. The Morgan fingerprint density at radius 1 is 1.32 bits per heavy atom. The normalized spacial score (nSPS) is 19.8. The lowest BCUT2D eigenvalue weighted by Gasteiger charge is -2.38. The van der Waals surface area contributed by atoms with Gasteiger partial charge in [-0.3, -0.25) is 9.59 Å². The number of piperazine rings is 1. The van der Waals surface area contributed by atoms with Gasteiger partial charge in [-0.1, -0.05) is 19.0 Å². The van der Waals surface area contributed by atoms with Crippen LogP contribution in [0.4, 0.5) is 13.2 Å². The summed E-state index contributed by atoms with van der Waals surface area (Å²) in [4.78, 5) is 26.5. The van der Waals surface area contributed by atoms with E-state index < -0.39 is 40.9 Å². The highest BCUT2D eigenvalue weighted by Crippen LogP contribution is 2.28. The molecular weight excluding hydrogens is 375 g/mol. The van der Waals surface area contributed by atoms with Crippen LogP contribution in [0.3, 0.4) is 0 Å². The predicted octanol–water partition coefficient (Wildman–Crippen LogP) is 3.13. The van der Waals surface area contributed by atoms with E-state index in [0.717, 1.165) is 18.2 Å². The van der Waals surface area contributed by atoms with E-state index in [0.29, 0.717) is 6.42 Å². The summed E-state index contributed by atoms with van der Waals surface area (Å²) in [5.41, 5.74) is -0.693. The van der Waals surface area contributed by atoms with Gasteiger partial charge < -0.3 is 14.7 Å². The van der Waals surface area contributed by atoms with Crippen LogP contribution in [0.1, 0.15) is 37.7 Å². The van der Waals surface area contributed by atoms with Crippen molar-refractivity contribution in [3.05, 3.63) is 41.3 Å². The van der Waals surface area contributed by atoms with Crippen LogP contribution in [-0.2, 0) is 4.79 Å². The minimum Gasteiger partial charge on any atom is -0.352 e. The van der Waals surface area contributed by atoms with Gasteiger partial charge in [0.05, 0.1) is 0 Å². The molecule has 1 aromatic carbocycles. The Hall–Kier alpha value is -2.84. The third kappa shape index (κ3) is 3.74. The highest BCUT2D eigenvalue weighted by Gasteiger charge is 2.39. The number of hydrogen-bond acceptors (Lipinski definition) is 4. The molecule has 9 heteroatoms. The molecule has 6 nitrogen and oxygen atoms in total. The fourth-order valence-corrected chi connectivity index (χ4v) is 3.22. The van der Waals surface area contributed by atoms with Gasteiger partial charge in [0.25, 0.3) is 5.91 Å². The van der Waals surface area contributed by atoms with Crippen molar-refractivity contribution in [3.8, 4) is 11.3 Å². The standard InChI is InChI=1S/C19H20F3N3O3/c1-9(2)6-14-18(26)23-10(3)8-25(14)19(27)16-15(22)17(28-24-16)11-4-5-12(20)13(21)7-11/h4-5,7,9-10,14H,6,8H2,1-3H3,(H,23,26). The predicted molar refractivity (Wildman–Crippen MR) is 93.7 cm³/mol. The first kappa shape index (κ1) is 19.9. The van der Waals surface area contributed by atoms with Crippen molar-refractivity contribution in [2.45, 2.75) is 39.3 Å². The van der Waals surface area contributed by atoms with E-state index in [4.69, 9.17) is 4.52 Å². The summed E-state index contributed by atoms with van der Waals surface area (Å²) >= 11 is 0. The van der Waals surface area contributed by atoms with Crippen LogP contribution in [0.15, 0.2) is 22.7 Å². The quantitative estimate of drug-likeness (QED) is 0.863. The first-order valence-electron chi connectivity index (χ1n) is 8.91. The summed E-state index contributed by atoms with van der Waals surface area (Å²) in [6.45, 7) is 5.74. The topological polar surface area (TPSA) is 75.4 Å². The molecule has 1 N–H and O–H groups in total. The van der Waals surface area contributed by atoms with Crippen LogP contribution < -0.4 is 5.32 Å². The maximum atomic E-state index is 14.8. The fraction of sp³-hybridized carbons (Fsp3) is 0.421. The Morgan fingerprint density at radius 2 is 2.04 bits per heavy atom. The first-order valence-corrected chi connectivity index (χ1v) is 8.91. The lowest BCUT2D eigenvalue weighted by molar-refractivity contribution is -0.129. The molecule has 0 bridgehead atoms. The zero-order valence-electron chi connectivity index (χ0n) is 15.6. The highest BCUT2D eigenvalue weighted by molar-refractivity contribution is 5.97. The molecule has 1 fully saturated rings. The van der Waals surface area contributed by atoms with Crippen LogP contribution in [0, 0.1) is 23.4 Å². The second-order valence-corrected chi connectivity index (χ2v) is 7.32. The van der Waals surface area contributed by atoms with Crippen LogP contribution in [0.25, 0.3) is 11.3 Å². The van der Waals surface area contributed by atoms with E-state index in [9.17, 15) is 22.8 Å². The summed E-state index contributed by atoms with van der Waals surface area (Å²) in [5.74, 6) is -4.81. The average Bonchev–Trinajstić information content (AvgIpc) is 3.00. The number of nitrogens with zero attached hydrogens (tertiary/aromatic N) is 2. The van der Waals surface area contributed by atoms with Gasteiger partial charge >= 0.3 is 0 Å². The van der Waals surface area contributed by atoms with Gasteiger partial charge in [-0.2, -0.15) is 4.39 Å². The molecule has 1 aliphatic heterocycles. The van der Waals surface area contributed by atoms with Crippen molar-refractivity contribution >= 4 is 11.8 Å². The summed E-state index contributed by atoms with van der Waals surface area (Å²) in [6.07, 6.45) is 0.403. The number of hydrogen-bond donors (Lipinski definition) is 1. The molecule has 2 aromatic rings. The molecule has 2 heterocycles. The Bertz CT molecular complexity index is 913. The Labute approximate surface area is 159 Å². The Kier molecular flexibility index (Phi) is 5.44. The maximum absolute atomic E-state index is 14.8. The molecule has 3 rings (SSSR count). The Balaban J connectivity index is 1.94. The average molecular weight is 395 g/mol. The van der Waals surface area contributed by atoms with E-state index in [-0.39, 0.29) is 30.0 Å².